The zero-order chi connectivity index (χ0) is 11.7. The van der Waals surface area contributed by atoms with Gasteiger partial charge in [0.1, 0.15) is 0 Å². The first-order chi connectivity index (χ1) is 8.30. The lowest BCUT2D eigenvalue weighted by molar-refractivity contribution is 0.0647. The highest BCUT2D eigenvalue weighted by Crippen LogP contribution is 2.48. The summed E-state index contributed by atoms with van der Waals surface area (Å²) in [5, 5.41) is 4.64. The van der Waals surface area contributed by atoms with Gasteiger partial charge in [-0.05, 0) is 37.3 Å². The smallest absolute Gasteiger partial charge is 0.0619 e. The van der Waals surface area contributed by atoms with Gasteiger partial charge in [-0.15, -0.1) is 0 Å². The van der Waals surface area contributed by atoms with Crippen molar-refractivity contribution in [2.24, 2.45) is 0 Å². The van der Waals surface area contributed by atoms with Crippen molar-refractivity contribution in [3.05, 3.63) is 34.9 Å². The summed E-state index contributed by atoms with van der Waals surface area (Å²) in [4.78, 5) is 0. The van der Waals surface area contributed by atoms with Gasteiger partial charge >= 0.3 is 0 Å². The molecule has 92 valence electrons. The van der Waals surface area contributed by atoms with Crippen molar-refractivity contribution in [1.82, 2.24) is 5.32 Å². The fourth-order valence-electron chi connectivity index (χ4n) is 2.71. The maximum absolute atomic E-state index is 6.30. The van der Waals surface area contributed by atoms with E-state index in [0.29, 0.717) is 6.04 Å². The van der Waals surface area contributed by atoms with Gasteiger partial charge in [0.2, 0.25) is 0 Å². The van der Waals surface area contributed by atoms with Gasteiger partial charge in [0.25, 0.3) is 0 Å². The lowest BCUT2D eigenvalue weighted by Crippen LogP contribution is -2.43. The van der Waals surface area contributed by atoms with Crippen molar-refractivity contribution in [1.29, 1.82) is 0 Å². The molecular weight excluding hydrogens is 234 g/mol. The van der Waals surface area contributed by atoms with Gasteiger partial charge in [-0.1, -0.05) is 29.8 Å². The predicted molar refractivity (Wildman–Crippen MR) is 69.3 cm³/mol. The molecule has 0 bridgehead atoms. The van der Waals surface area contributed by atoms with Crippen molar-refractivity contribution in [3.63, 3.8) is 0 Å². The van der Waals surface area contributed by atoms with Crippen LogP contribution < -0.4 is 5.32 Å². The van der Waals surface area contributed by atoms with E-state index in [1.807, 2.05) is 12.1 Å². The normalized spacial score (nSPS) is 26.8. The van der Waals surface area contributed by atoms with E-state index in [0.717, 1.165) is 24.7 Å². The van der Waals surface area contributed by atoms with E-state index in [-0.39, 0.29) is 5.54 Å². The third-order valence-corrected chi connectivity index (χ3v) is 4.11. The summed E-state index contributed by atoms with van der Waals surface area (Å²) in [5.41, 5.74) is 1.39. The maximum Gasteiger partial charge on any atom is 0.0619 e. The van der Waals surface area contributed by atoms with E-state index in [1.165, 1.54) is 24.8 Å². The average Bonchev–Trinajstić information content (AvgIpc) is 3.12. The van der Waals surface area contributed by atoms with Crippen molar-refractivity contribution in [3.8, 4) is 0 Å². The third kappa shape index (κ3) is 2.35. The van der Waals surface area contributed by atoms with Gasteiger partial charge in [0, 0.05) is 23.2 Å². The number of rotatable bonds is 3. The molecule has 1 atom stereocenters. The molecule has 17 heavy (non-hydrogen) atoms. The molecule has 1 saturated heterocycles. The largest absolute Gasteiger partial charge is 0.380 e. The van der Waals surface area contributed by atoms with Crippen LogP contribution in [0.3, 0.4) is 0 Å². The molecule has 1 aliphatic carbocycles. The van der Waals surface area contributed by atoms with Crippen LogP contribution in [0.4, 0.5) is 0 Å². The number of benzene rings is 1. The van der Waals surface area contributed by atoms with E-state index in [1.54, 1.807) is 0 Å². The molecule has 0 amide bonds. The van der Waals surface area contributed by atoms with E-state index < -0.39 is 0 Å². The topological polar surface area (TPSA) is 21.3 Å². The van der Waals surface area contributed by atoms with Gasteiger partial charge in [-0.25, -0.2) is 0 Å². The standard InChI is InChI=1S/C14H18ClNO/c15-13-6-2-1-5-12(13)14(7-8-14)16-11-4-3-9-17-10-11/h1-2,5-6,11,16H,3-4,7-10H2/t11-/m1/s1. The quantitative estimate of drug-likeness (QED) is 0.892. The van der Waals surface area contributed by atoms with Crippen LogP contribution in [0.15, 0.2) is 24.3 Å². The van der Waals surface area contributed by atoms with Crippen molar-refractivity contribution in [2.45, 2.75) is 37.3 Å². The van der Waals surface area contributed by atoms with Gasteiger partial charge in [-0.2, -0.15) is 0 Å². The first-order valence-electron chi connectivity index (χ1n) is 6.41. The van der Waals surface area contributed by atoms with E-state index in [2.05, 4.69) is 17.4 Å². The highest BCUT2D eigenvalue weighted by molar-refractivity contribution is 6.31. The Morgan fingerprint density at radius 2 is 2.12 bits per heavy atom. The Bertz CT molecular complexity index is 397. The number of hydrogen-bond donors (Lipinski definition) is 1. The van der Waals surface area contributed by atoms with Crippen LogP contribution in [0.1, 0.15) is 31.2 Å². The van der Waals surface area contributed by atoms with Crippen molar-refractivity contribution in [2.75, 3.05) is 13.2 Å². The first kappa shape index (κ1) is 11.5. The Morgan fingerprint density at radius 3 is 2.76 bits per heavy atom. The lowest BCUT2D eigenvalue weighted by Gasteiger charge is -2.29. The molecule has 0 unspecified atom stereocenters. The minimum atomic E-state index is 0.129. The molecule has 1 heterocycles. The molecule has 2 fully saturated rings. The lowest BCUT2D eigenvalue weighted by atomic mass is 10.0. The van der Waals surface area contributed by atoms with Crippen LogP contribution in [0, 0.1) is 0 Å². The summed E-state index contributed by atoms with van der Waals surface area (Å²) in [6, 6.07) is 8.68. The van der Waals surface area contributed by atoms with Crippen LogP contribution in [0.5, 0.6) is 0 Å². The van der Waals surface area contributed by atoms with E-state index >= 15 is 0 Å². The minimum absolute atomic E-state index is 0.129. The number of hydrogen-bond acceptors (Lipinski definition) is 2. The molecule has 1 saturated carbocycles. The van der Waals surface area contributed by atoms with Gasteiger partial charge in [0.05, 0.1) is 6.61 Å². The van der Waals surface area contributed by atoms with E-state index in [4.69, 9.17) is 16.3 Å². The molecule has 1 aliphatic heterocycles. The first-order valence-corrected chi connectivity index (χ1v) is 6.78. The molecule has 0 aromatic heterocycles. The molecule has 1 aromatic rings. The summed E-state index contributed by atoms with van der Waals surface area (Å²) in [7, 11) is 0. The second-order valence-electron chi connectivity index (χ2n) is 5.12. The predicted octanol–water partition coefficient (Wildman–Crippen LogP) is 3.10. The fourth-order valence-corrected chi connectivity index (χ4v) is 3.03. The summed E-state index contributed by atoms with van der Waals surface area (Å²) in [6.07, 6.45) is 4.75. The Hall–Kier alpha value is -0.570. The van der Waals surface area contributed by atoms with Gasteiger partial charge in [0.15, 0.2) is 0 Å². The monoisotopic (exact) mass is 251 g/mol. The zero-order valence-corrected chi connectivity index (χ0v) is 10.7. The SMILES string of the molecule is Clc1ccccc1C1(N[C@@H]2CCCOC2)CC1. The Labute approximate surface area is 107 Å². The molecule has 3 rings (SSSR count). The zero-order valence-electron chi connectivity index (χ0n) is 9.92. The third-order valence-electron chi connectivity index (χ3n) is 3.78. The Kier molecular flexibility index (Phi) is 3.12. The molecule has 0 spiro atoms. The highest BCUT2D eigenvalue weighted by atomic mass is 35.5. The molecule has 2 aliphatic rings. The maximum atomic E-state index is 6.30. The van der Waals surface area contributed by atoms with Crippen LogP contribution in [-0.4, -0.2) is 19.3 Å². The van der Waals surface area contributed by atoms with Gasteiger partial charge in [-0.3, -0.25) is 0 Å². The Balaban J connectivity index is 1.75. The number of ether oxygens (including phenoxy) is 1. The molecule has 2 nitrogen and oxygen atoms in total. The Morgan fingerprint density at radius 1 is 1.29 bits per heavy atom. The summed E-state index contributed by atoms with van der Waals surface area (Å²) < 4.78 is 5.53. The van der Waals surface area contributed by atoms with Crippen molar-refractivity contribution >= 4 is 11.6 Å². The van der Waals surface area contributed by atoms with Gasteiger partial charge < -0.3 is 10.1 Å². The summed E-state index contributed by atoms with van der Waals surface area (Å²) >= 11 is 6.30. The van der Waals surface area contributed by atoms with Crippen LogP contribution in [0.25, 0.3) is 0 Å². The van der Waals surface area contributed by atoms with Crippen LogP contribution in [0.2, 0.25) is 5.02 Å². The fraction of sp³-hybridized carbons (Fsp3) is 0.571. The van der Waals surface area contributed by atoms with E-state index in [9.17, 15) is 0 Å². The summed E-state index contributed by atoms with van der Waals surface area (Å²) in [5.74, 6) is 0. The summed E-state index contributed by atoms with van der Waals surface area (Å²) in [6.45, 7) is 1.75. The molecular formula is C14H18ClNO. The molecule has 1 N–H and O–H groups in total. The molecule has 1 aromatic carbocycles. The second kappa shape index (κ2) is 4.60. The second-order valence-corrected chi connectivity index (χ2v) is 5.53. The van der Waals surface area contributed by atoms with Crippen LogP contribution in [-0.2, 0) is 10.3 Å². The molecule has 3 heteroatoms. The average molecular weight is 252 g/mol. The number of halogens is 1. The van der Waals surface area contributed by atoms with Crippen molar-refractivity contribution < 1.29 is 4.74 Å². The number of nitrogens with one attached hydrogen (secondary N) is 1. The minimum Gasteiger partial charge on any atom is -0.380 e. The highest BCUT2D eigenvalue weighted by Gasteiger charge is 2.46. The molecule has 0 radical (unpaired) electrons. The van der Waals surface area contributed by atoms with Crippen LogP contribution >= 0.6 is 11.6 Å².